The summed E-state index contributed by atoms with van der Waals surface area (Å²) < 4.78 is 0. The van der Waals surface area contributed by atoms with Crippen LogP contribution in [-0.4, -0.2) is 21.9 Å². The van der Waals surface area contributed by atoms with Gasteiger partial charge in [-0.15, -0.1) is 0 Å². The molecule has 0 aromatic heterocycles. The third kappa shape index (κ3) is 3.98. The maximum absolute atomic E-state index is 8.21. The van der Waals surface area contributed by atoms with Crippen LogP contribution in [-0.2, 0) is 0 Å². The summed E-state index contributed by atoms with van der Waals surface area (Å²) in [4.78, 5) is 0.650. The molecule has 0 heterocycles. The molecule has 0 aromatic carbocycles. The van der Waals surface area contributed by atoms with Crippen molar-refractivity contribution in [1.82, 2.24) is 0 Å². The first-order chi connectivity index (χ1) is 3.31. The normalized spacial score (nSPS) is 8.14. The van der Waals surface area contributed by atoms with Gasteiger partial charge in [0.1, 0.15) is 0 Å². The molecular weight excluding hydrogens is 128 g/mol. The highest BCUT2D eigenvalue weighted by atomic mass is 32.1. The van der Waals surface area contributed by atoms with Crippen molar-refractivity contribution in [2.24, 2.45) is 0 Å². The van der Waals surface area contributed by atoms with Crippen LogP contribution in [0.5, 0.6) is 0 Å². The Kier molecular flexibility index (Phi) is 4.39. The van der Waals surface area contributed by atoms with Gasteiger partial charge < -0.3 is 5.11 Å². The zero-order valence-corrected chi connectivity index (χ0v) is 5.39. The fourth-order valence-corrected chi connectivity index (χ4v) is 0.378. The van der Waals surface area contributed by atoms with E-state index < -0.39 is 0 Å². The molecule has 0 spiro atoms. The molecular formula is C4H6OS2. The van der Waals surface area contributed by atoms with Gasteiger partial charge in [0.15, 0.2) is 0 Å². The third-order valence-electron chi connectivity index (χ3n) is 0.490. The molecule has 0 aliphatic carbocycles. The molecule has 0 saturated carbocycles. The second kappa shape index (κ2) is 4.30. The standard InChI is InChI=1S/C4H6OS2/c5-2-1-4(7)3-6/h3,5H,1-2H2. The molecule has 0 fully saturated rings. The van der Waals surface area contributed by atoms with Crippen LogP contribution in [0.4, 0.5) is 0 Å². The highest BCUT2D eigenvalue weighted by Gasteiger charge is 1.84. The van der Waals surface area contributed by atoms with Gasteiger partial charge in [0.05, 0.1) is 0 Å². The zero-order chi connectivity index (χ0) is 5.70. The van der Waals surface area contributed by atoms with E-state index in [-0.39, 0.29) is 6.61 Å². The first-order valence-corrected chi connectivity index (χ1v) is 2.78. The summed E-state index contributed by atoms with van der Waals surface area (Å²) in [6, 6.07) is 0. The van der Waals surface area contributed by atoms with Crippen molar-refractivity contribution in [3.8, 4) is 0 Å². The largest absolute Gasteiger partial charge is 0.396 e. The lowest BCUT2D eigenvalue weighted by atomic mass is 10.4. The molecule has 3 heteroatoms. The number of hydrogen-bond donors (Lipinski definition) is 1. The van der Waals surface area contributed by atoms with Crippen molar-refractivity contribution in [2.45, 2.75) is 6.42 Å². The predicted octanol–water partition coefficient (Wildman–Crippen LogP) is 0.738. The molecule has 40 valence electrons. The van der Waals surface area contributed by atoms with E-state index in [1.165, 1.54) is 5.37 Å². The Labute approximate surface area is 53.3 Å². The third-order valence-corrected chi connectivity index (χ3v) is 1.25. The Balaban J connectivity index is 3.17. The molecule has 0 saturated heterocycles. The van der Waals surface area contributed by atoms with Gasteiger partial charge in [-0.1, -0.05) is 24.4 Å². The van der Waals surface area contributed by atoms with Gasteiger partial charge in [0.25, 0.3) is 0 Å². The van der Waals surface area contributed by atoms with Gasteiger partial charge in [-0.25, -0.2) is 0 Å². The van der Waals surface area contributed by atoms with Crippen molar-refractivity contribution in [2.75, 3.05) is 6.61 Å². The second-order valence-corrected chi connectivity index (χ2v) is 1.82. The van der Waals surface area contributed by atoms with Crippen LogP contribution in [0.25, 0.3) is 0 Å². The van der Waals surface area contributed by atoms with E-state index in [0.29, 0.717) is 11.3 Å². The minimum Gasteiger partial charge on any atom is -0.396 e. The Morgan fingerprint density at radius 1 is 1.71 bits per heavy atom. The summed E-state index contributed by atoms with van der Waals surface area (Å²) in [6.07, 6.45) is 0.527. The van der Waals surface area contributed by atoms with E-state index in [4.69, 9.17) is 5.11 Å². The zero-order valence-electron chi connectivity index (χ0n) is 3.76. The smallest absolute Gasteiger partial charge is 0.0479 e. The molecule has 0 radical (unpaired) electrons. The quantitative estimate of drug-likeness (QED) is 0.575. The lowest BCUT2D eigenvalue weighted by Crippen LogP contribution is -1.95. The first kappa shape index (κ1) is 7.14. The number of thiocarbonyl (C=S) groups is 2. The molecule has 0 aliphatic heterocycles. The summed E-state index contributed by atoms with van der Waals surface area (Å²) in [5.41, 5.74) is 0. The Morgan fingerprint density at radius 2 is 2.29 bits per heavy atom. The van der Waals surface area contributed by atoms with Crippen LogP contribution in [0.1, 0.15) is 6.42 Å². The molecule has 0 bridgehead atoms. The van der Waals surface area contributed by atoms with E-state index in [1.54, 1.807) is 0 Å². The SMILES string of the molecule is OCCC(=S)C=S. The van der Waals surface area contributed by atoms with Crippen molar-refractivity contribution in [3.05, 3.63) is 0 Å². The Morgan fingerprint density at radius 3 is 2.43 bits per heavy atom. The summed E-state index contributed by atoms with van der Waals surface area (Å²) in [6.45, 7) is 0.103. The topological polar surface area (TPSA) is 20.2 Å². The molecule has 1 N–H and O–H groups in total. The van der Waals surface area contributed by atoms with E-state index in [9.17, 15) is 0 Å². The Hall–Kier alpha value is 0.140. The van der Waals surface area contributed by atoms with Gasteiger partial charge in [0.2, 0.25) is 0 Å². The molecule has 1 nitrogen and oxygen atoms in total. The van der Waals surface area contributed by atoms with E-state index in [1.807, 2.05) is 0 Å². The van der Waals surface area contributed by atoms with Crippen molar-refractivity contribution in [3.63, 3.8) is 0 Å². The molecule has 0 amide bonds. The predicted molar refractivity (Wildman–Crippen MR) is 38.0 cm³/mol. The van der Waals surface area contributed by atoms with Gasteiger partial charge in [-0.3, -0.25) is 0 Å². The van der Waals surface area contributed by atoms with Crippen LogP contribution in [0, 0.1) is 0 Å². The van der Waals surface area contributed by atoms with Crippen LogP contribution in [0.2, 0.25) is 0 Å². The van der Waals surface area contributed by atoms with Gasteiger partial charge in [0, 0.05) is 23.3 Å². The van der Waals surface area contributed by atoms with Crippen molar-refractivity contribution in [1.29, 1.82) is 0 Å². The first-order valence-electron chi connectivity index (χ1n) is 1.90. The highest BCUT2D eigenvalue weighted by molar-refractivity contribution is 7.88. The molecule has 0 atom stereocenters. The average Bonchev–Trinajstić information content (AvgIpc) is 1.68. The molecule has 0 aromatic rings. The molecule has 7 heavy (non-hydrogen) atoms. The summed E-state index contributed by atoms with van der Waals surface area (Å²) in [5, 5.41) is 9.62. The lowest BCUT2D eigenvalue weighted by Gasteiger charge is -1.85. The number of aliphatic hydroxyl groups excluding tert-OH is 1. The van der Waals surface area contributed by atoms with Crippen LogP contribution >= 0.6 is 24.4 Å². The fourth-order valence-electron chi connectivity index (χ4n) is 0.169. The molecule has 0 aliphatic rings. The second-order valence-electron chi connectivity index (χ2n) is 1.06. The fraction of sp³-hybridized carbons (Fsp3) is 0.500. The monoisotopic (exact) mass is 134 g/mol. The van der Waals surface area contributed by atoms with Crippen molar-refractivity contribution < 1.29 is 5.11 Å². The van der Waals surface area contributed by atoms with Gasteiger partial charge >= 0.3 is 0 Å². The van der Waals surface area contributed by atoms with E-state index >= 15 is 0 Å². The Bertz CT molecular complexity index is 79.8. The van der Waals surface area contributed by atoms with Gasteiger partial charge in [-0.05, 0) is 0 Å². The minimum absolute atomic E-state index is 0.103. The number of rotatable bonds is 3. The maximum atomic E-state index is 8.21. The van der Waals surface area contributed by atoms with Crippen LogP contribution in [0.3, 0.4) is 0 Å². The highest BCUT2D eigenvalue weighted by Crippen LogP contribution is 1.79. The van der Waals surface area contributed by atoms with E-state index in [2.05, 4.69) is 24.4 Å². The summed E-state index contributed by atoms with van der Waals surface area (Å²) in [5.74, 6) is 0. The minimum atomic E-state index is 0.103. The number of hydrogen-bond acceptors (Lipinski definition) is 3. The number of aliphatic hydroxyl groups is 1. The van der Waals surface area contributed by atoms with Crippen LogP contribution in [0.15, 0.2) is 0 Å². The maximum Gasteiger partial charge on any atom is 0.0479 e. The summed E-state index contributed by atoms with van der Waals surface area (Å²) in [7, 11) is 0. The molecule has 0 unspecified atom stereocenters. The van der Waals surface area contributed by atoms with Crippen LogP contribution < -0.4 is 0 Å². The molecule has 0 rings (SSSR count). The van der Waals surface area contributed by atoms with Crippen molar-refractivity contribution >= 4 is 34.7 Å². The lowest BCUT2D eigenvalue weighted by molar-refractivity contribution is 0.308. The van der Waals surface area contributed by atoms with E-state index in [0.717, 1.165) is 0 Å². The average molecular weight is 134 g/mol. The summed E-state index contributed by atoms with van der Waals surface area (Å²) >= 11 is 9.10. The van der Waals surface area contributed by atoms with Gasteiger partial charge in [-0.2, -0.15) is 0 Å².